The lowest BCUT2D eigenvalue weighted by atomic mass is 10.1. The number of nitro groups is 1. The zero-order valence-corrected chi connectivity index (χ0v) is 8.75. The quantitative estimate of drug-likeness (QED) is 0.386. The highest BCUT2D eigenvalue weighted by molar-refractivity contribution is 6.33. The maximum atomic E-state index is 11.2. The van der Waals surface area contributed by atoms with Crippen molar-refractivity contribution in [3.05, 3.63) is 32.8 Å². The molecule has 15 heavy (non-hydrogen) atoms. The maximum Gasteiger partial charge on any atom is 0.312 e. The number of nitro benzene ring substituents is 1. The fourth-order valence-corrected chi connectivity index (χ4v) is 1.36. The van der Waals surface area contributed by atoms with E-state index in [1.807, 2.05) is 0 Å². The van der Waals surface area contributed by atoms with E-state index in [4.69, 9.17) is 23.2 Å². The first kappa shape index (κ1) is 11.7. The van der Waals surface area contributed by atoms with Gasteiger partial charge in [0.25, 0.3) is 0 Å². The third kappa shape index (κ3) is 2.37. The third-order valence-corrected chi connectivity index (χ3v) is 2.13. The molecular weight excluding hydrogens is 245 g/mol. The highest BCUT2D eigenvalue weighted by atomic mass is 35.5. The number of phenols is 1. The fraction of sp³-hybridized carbons (Fsp3) is 0.125. The number of alkyl halides is 1. The summed E-state index contributed by atoms with van der Waals surface area (Å²) in [5.74, 6) is -1.72. The molecule has 0 saturated carbocycles. The van der Waals surface area contributed by atoms with Crippen LogP contribution in [-0.4, -0.2) is 21.7 Å². The molecule has 80 valence electrons. The summed E-state index contributed by atoms with van der Waals surface area (Å²) in [6.07, 6.45) is 0. The van der Waals surface area contributed by atoms with Crippen LogP contribution in [0.3, 0.4) is 0 Å². The van der Waals surface area contributed by atoms with Crippen LogP contribution in [0.5, 0.6) is 5.75 Å². The van der Waals surface area contributed by atoms with Gasteiger partial charge in [-0.05, 0) is 6.07 Å². The minimum absolute atomic E-state index is 0.00651. The van der Waals surface area contributed by atoms with Crippen LogP contribution in [0.1, 0.15) is 10.4 Å². The number of aromatic hydroxyl groups is 1. The molecule has 1 rings (SSSR count). The Morgan fingerprint density at radius 2 is 2.13 bits per heavy atom. The molecule has 0 aliphatic carbocycles. The van der Waals surface area contributed by atoms with Gasteiger partial charge in [0.15, 0.2) is 5.78 Å². The second kappa shape index (κ2) is 4.46. The van der Waals surface area contributed by atoms with Crippen LogP contribution >= 0.6 is 23.2 Å². The molecule has 0 aliphatic heterocycles. The summed E-state index contributed by atoms with van der Waals surface area (Å²) in [5, 5.41) is 19.9. The molecule has 0 aromatic heterocycles. The van der Waals surface area contributed by atoms with Gasteiger partial charge in [0, 0.05) is 11.1 Å². The van der Waals surface area contributed by atoms with Gasteiger partial charge in [-0.3, -0.25) is 14.9 Å². The summed E-state index contributed by atoms with van der Waals surface area (Å²) in [6, 6.07) is 2.09. The van der Waals surface area contributed by atoms with Crippen molar-refractivity contribution >= 4 is 34.7 Å². The van der Waals surface area contributed by atoms with Crippen molar-refractivity contribution in [1.82, 2.24) is 0 Å². The topological polar surface area (TPSA) is 80.4 Å². The van der Waals surface area contributed by atoms with E-state index in [2.05, 4.69) is 0 Å². The molecule has 1 aromatic rings. The van der Waals surface area contributed by atoms with E-state index in [-0.39, 0.29) is 16.5 Å². The Labute approximate surface area is 94.4 Å². The van der Waals surface area contributed by atoms with Gasteiger partial charge in [0.1, 0.15) is 0 Å². The molecule has 5 nitrogen and oxygen atoms in total. The number of phenolic OH excluding ortho intramolecular Hbond substituents is 1. The van der Waals surface area contributed by atoms with Gasteiger partial charge in [0.05, 0.1) is 16.4 Å². The van der Waals surface area contributed by atoms with Crippen LogP contribution in [0.4, 0.5) is 5.69 Å². The predicted octanol–water partition coefficient (Wildman–Crippen LogP) is 2.38. The smallest absolute Gasteiger partial charge is 0.312 e. The molecule has 0 radical (unpaired) electrons. The summed E-state index contributed by atoms with van der Waals surface area (Å²) in [4.78, 5) is 20.8. The average Bonchev–Trinajstić information content (AvgIpc) is 2.19. The third-order valence-electron chi connectivity index (χ3n) is 1.67. The first-order valence-corrected chi connectivity index (χ1v) is 4.64. The Balaban J connectivity index is 3.41. The maximum absolute atomic E-state index is 11.2. The molecule has 0 bridgehead atoms. The Bertz CT molecular complexity index is 433. The van der Waals surface area contributed by atoms with Crippen LogP contribution in [-0.2, 0) is 0 Å². The van der Waals surface area contributed by atoms with Crippen LogP contribution in [0.15, 0.2) is 12.1 Å². The summed E-state index contributed by atoms with van der Waals surface area (Å²) in [6.45, 7) is 0. The van der Waals surface area contributed by atoms with Crippen LogP contribution in [0, 0.1) is 10.1 Å². The molecular formula is C8H5Cl2NO4. The number of Topliss-reactive ketones (excluding diaryl/α,β-unsaturated/α-hetero) is 1. The van der Waals surface area contributed by atoms with Crippen LogP contribution in [0.25, 0.3) is 0 Å². The Kier molecular flexibility index (Phi) is 3.49. The van der Waals surface area contributed by atoms with Gasteiger partial charge in [-0.1, -0.05) is 11.6 Å². The van der Waals surface area contributed by atoms with Gasteiger partial charge < -0.3 is 5.11 Å². The number of hydrogen-bond donors (Lipinski definition) is 1. The van der Waals surface area contributed by atoms with Crippen LogP contribution in [0.2, 0.25) is 5.02 Å². The molecule has 0 aliphatic rings. The second-order valence-electron chi connectivity index (χ2n) is 2.63. The van der Waals surface area contributed by atoms with Crippen molar-refractivity contribution in [2.75, 3.05) is 5.88 Å². The number of halogens is 2. The normalized spacial score (nSPS) is 10.0. The summed E-state index contributed by atoms with van der Waals surface area (Å²) in [7, 11) is 0. The molecule has 0 heterocycles. The minimum atomic E-state index is -0.827. The molecule has 0 unspecified atom stereocenters. The fourth-order valence-electron chi connectivity index (χ4n) is 1.01. The second-order valence-corrected chi connectivity index (χ2v) is 3.34. The lowest BCUT2D eigenvalue weighted by molar-refractivity contribution is -0.385. The summed E-state index contributed by atoms with van der Waals surface area (Å²) >= 11 is 10.8. The summed E-state index contributed by atoms with van der Waals surface area (Å²) < 4.78 is 0. The lowest BCUT2D eigenvalue weighted by Crippen LogP contribution is -2.02. The van der Waals surface area contributed by atoms with E-state index < -0.39 is 22.1 Å². The number of ketones is 1. The Morgan fingerprint density at radius 3 is 2.60 bits per heavy atom. The molecule has 0 saturated heterocycles. The largest absolute Gasteiger partial charge is 0.502 e. The van der Waals surface area contributed by atoms with E-state index in [1.54, 1.807) is 0 Å². The van der Waals surface area contributed by atoms with Crippen molar-refractivity contribution in [3.8, 4) is 5.75 Å². The number of carbonyl (C=O) groups excluding carboxylic acids is 1. The Hall–Kier alpha value is -1.33. The van der Waals surface area contributed by atoms with E-state index >= 15 is 0 Å². The zero-order valence-electron chi connectivity index (χ0n) is 7.24. The number of nitrogens with zero attached hydrogens (tertiary/aromatic N) is 1. The Morgan fingerprint density at radius 1 is 1.53 bits per heavy atom. The highest BCUT2D eigenvalue weighted by Gasteiger charge is 2.22. The van der Waals surface area contributed by atoms with Gasteiger partial charge in [0.2, 0.25) is 5.75 Å². The van der Waals surface area contributed by atoms with Gasteiger partial charge in [-0.25, -0.2) is 0 Å². The molecule has 0 spiro atoms. The molecule has 1 aromatic carbocycles. The van der Waals surface area contributed by atoms with E-state index in [9.17, 15) is 20.0 Å². The van der Waals surface area contributed by atoms with Gasteiger partial charge >= 0.3 is 5.69 Å². The van der Waals surface area contributed by atoms with Gasteiger partial charge in [-0.2, -0.15) is 0 Å². The molecule has 7 heteroatoms. The number of hydrogen-bond acceptors (Lipinski definition) is 4. The monoisotopic (exact) mass is 249 g/mol. The minimum Gasteiger partial charge on any atom is -0.502 e. The van der Waals surface area contributed by atoms with Crippen molar-refractivity contribution in [1.29, 1.82) is 0 Å². The van der Waals surface area contributed by atoms with Crippen molar-refractivity contribution in [3.63, 3.8) is 0 Å². The number of rotatable bonds is 3. The molecule has 1 N–H and O–H groups in total. The van der Waals surface area contributed by atoms with E-state index in [0.717, 1.165) is 12.1 Å². The zero-order chi connectivity index (χ0) is 11.6. The molecule has 0 amide bonds. The van der Waals surface area contributed by atoms with Crippen molar-refractivity contribution in [2.24, 2.45) is 0 Å². The van der Waals surface area contributed by atoms with E-state index in [0.29, 0.717) is 0 Å². The predicted molar refractivity (Wildman–Crippen MR) is 54.8 cm³/mol. The van der Waals surface area contributed by atoms with Crippen molar-refractivity contribution in [2.45, 2.75) is 0 Å². The van der Waals surface area contributed by atoms with Gasteiger partial charge in [-0.15, -0.1) is 11.6 Å². The first-order valence-electron chi connectivity index (χ1n) is 3.73. The summed E-state index contributed by atoms with van der Waals surface area (Å²) in [5.41, 5.74) is -0.861. The SMILES string of the molecule is O=C(CCl)c1cc(Cl)cc([N+](=O)[O-])c1O. The first-order chi connectivity index (χ1) is 6.97. The number of benzene rings is 1. The highest BCUT2D eigenvalue weighted by Crippen LogP contribution is 2.33. The van der Waals surface area contributed by atoms with E-state index in [1.165, 1.54) is 0 Å². The van der Waals surface area contributed by atoms with Crippen LogP contribution < -0.4 is 0 Å². The average molecular weight is 250 g/mol. The standard InChI is InChI=1S/C8H5Cl2NO4/c9-3-7(12)5-1-4(10)2-6(8(5)13)11(14)15/h1-2,13H,3H2. The number of carbonyl (C=O) groups is 1. The molecule has 0 atom stereocenters. The molecule has 0 fully saturated rings. The van der Waals surface area contributed by atoms with Crippen molar-refractivity contribution < 1.29 is 14.8 Å². The lowest BCUT2D eigenvalue weighted by Gasteiger charge is -2.02.